The second kappa shape index (κ2) is 7.78. The first-order valence-corrected chi connectivity index (χ1v) is 10.2. The predicted octanol–water partition coefficient (Wildman–Crippen LogP) is 3.43. The molecule has 2 amide bonds. The minimum absolute atomic E-state index is 0.0445. The summed E-state index contributed by atoms with van der Waals surface area (Å²) >= 11 is 0. The van der Waals surface area contributed by atoms with E-state index in [2.05, 4.69) is 53.3 Å². The standard InChI is InChI=1S/C22H29N5O/c1-15(2)21-23-16(3)14-20(25-21)26-10-12-27(13-11-26)22(28)24-19-9-8-17-6-4-5-7-18(17)19/h4-7,14-15,19H,8-13H2,1-3H3,(H,24,28). The zero-order valence-electron chi connectivity index (χ0n) is 17.0. The summed E-state index contributed by atoms with van der Waals surface area (Å²) in [5, 5.41) is 3.24. The number of carbonyl (C=O) groups is 1. The van der Waals surface area contributed by atoms with Gasteiger partial charge in [-0.15, -0.1) is 0 Å². The Bertz CT molecular complexity index is 858. The molecule has 4 rings (SSSR count). The Kier molecular flexibility index (Phi) is 5.20. The molecule has 1 saturated heterocycles. The number of fused-ring (bicyclic) bond motifs is 1. The van der Waals surface area contributed by atoms with Crippen molar-refractivity contribution in [3.63, 3.8) is 0 Å². The normalized spacial score (nSPS) is 19.1. The van der Waals surface area contributed by atoms with Crippen LogP contribution in [-0.2, 0) is 6.42 Å². The van der Waals surface area contributed by atoms with Crippen LogP contribution in [-0.4, -0.2) is 47.1 Å². The maximum absolute atomic E-state index is 12.8. The summed E-state index contributed by atoms with van der Waals surface area (Å²) in [6.45, 7) is 9.25. The first-order valence-electron chi connectivity index (χ1n) is 10.2. The molecule has 1 unspecified atom stereocenters. The van der Waals surface area contributed by atoms with Crippen molar-refractivity contribution in [3.05, 3.63) is 53.0 Å². The zero-order valence-corrected chi connectivity index (χ0v) is 17.0. The lowest BCUT2D eigenvalue weighted by atomic mass is 10.1. The van der Waals surface area contributed by atoms with Crippen LogP contribution < -0.4 is 10.2 Å². The fourth-order valence-electron chi connectivity index (χ4n) is 4.08. The number of carbonyl (C=O) groups excluding carboxylic acids is 1. The van der Waals surface area contributed by atoms with E-state index in [1.54, 1.807) is 0 Å². The highest BCUT2D eigenvalue weighted by molar-refractivity contribution is 5.75. The number of amides is 2. The number of urea groups is 1. The van der Waals surface area contributed by atoms with Gasteiger partial charge >= 0.3 is 6.03 Å². The second-order valence-electron chi connectivity index (χ2n) is 8.09. The SMILES string of the molecule is Cc1cc(N2CCN(C(=O)NC3CCc4ccccc43)CC2)nc(C(C)C)n1. The Morgan fingerprint density at radius 3 is 2.64 bits per heavy atom. The molecule has 0 bridgehead atoms. The molecule has 1 fully saturated rings. The van der Waals surface area contributed by atoms with E-state index in [4.69, 9.17) is 4.98 Å². The Balaban J connectivity index is 1.36. The smallest absolute Gasteiger partial charge is 0.318 e. The minimum Gasteiger partial charge on any atom is -0.353 e. The van der Waals surface area contributed by atoms with Crippen LogP contribution in [0.4, 0.5) is 10.6 Å². The molecule has 148 valence electrons. The fraction of sp³-hybridized carbons (Fsp3) is 0.500. The summed E-state index contributed by atoms with van der Waals surface area (Å²) in [6.07, 6.45) is 2.03. The molecule has 2 aromatic rings. The highest BCUT2D eigenvalue weighted by Crippen LogP contribution is 2.30. The van der Waals surface area contributed by atoms with Crippen LogP contribution in [0.25, 0.3) is 0 Å². The van der Waals surface area contributed by atoms with Gasteiger partial charge in [0.1, 0.15) is 11.6 Å². The van der Waals surface area contributed by atoms with Crippen molar-refractivity contribution < 1.29 is 4.79 Å². The molecule has 1 N–H and O–H groups in total. The molecule has 2 heterocycles. The Hall–Kier alpha value is -2.63. The summed E-state index contributed by atoms with van der Waals surface area (Å²) < 4.78 is 0. The molecular formula is C22H29N5O. The predicted molar refractivity (Wildman–Crippen MR) is 111 cm³/mol. The van der Waals surface area contributed by atoms with Gasteiger partial charge in [-0.1, -0.05) is 38.1 Å². The fourth-order valence-corrected chi connectivity index (χ4v) is 4.08. The largest absolute Gasteiger partial charge is 0.353 e. The van der Waals surface area contributed by atoms with Gasteiger partial charge in [0, 0.05) is 43.9 Å². The second-order valence-corrected chi connectivity index (χ2v) is 8.09. The van der Waals surface area contributed by atoms with Gasteiger partial charge in [-0.05, 0) is 30.9 Å². The first-order chi connectivity index (χ1) is 13.5. The van der Waals surface area contributed by atoms with Crippen molar-refractivity contribution in [1.29, 1.82) is 0 Å². The van der Waals surface area contributed by atoms with Crippen LogP contribution in [0, 0.1) is 6.92 Å². The number of aryl methyl sites for hydroxylation is 2. The van der Waals surface area contributed by atoms with E-state index in [-0.39, 0.29) is 12.1 Å². The number of nitrogens with one attached hydrogen (secondary N) is 1. The minimum atomic E-state index is 0.0445. The van der Waals surface area contributed by atoms with Gasteiger partial charge in [-0.3, -0.25) is 0 Å². The van der Waals surface area contributed by atoms with E-state index in [0.717, 1.165) is 43.3 Å². The lowest BCUT2D eigenvalue weighted by Crippen LogP contribution is -2.52. The van der Waals surface area contributed by atoms with E-state index in [1.807, 2.05) is 17.9 Å². The Morgan fingerprint density at radius 1 is 1.14 bits per heavy atom. The maximum atomic E-state index is 12.8. The van der Waals surface area contributed by atoms with E-state index in [9.17, 15) is 4.79 Å². The molecule has 0 spiro atoms. The topological polar surface area (TPSA) is 61.4 Å². The highest BCUT2D eigenvalue weighted by Gasteiger charge is 2.27. The van der Waals surface area contributed by atoms with Crippen molar-refractivity contribution in [2.75, 3.05) is 31.1 Å². The summed E-state index contributed by atoms with van der Waals surface area (Å²) in [4.78, 5) is 26.2. The number of piperazine rings is 1. The van der Waals surface area contributed by atoms with Crippen molar-refractivity contribution in [2.24, 2.45) is 0 Å². The highest BCUT2D eigenvalue weighted by atomic mass is 16.2. The van der Waals surface area contributed by atoms with Gasteiger partial charge in [-0.2, -0.15) is 0 Å². The summed E-state index contributed by atoms with van der Waals surface area (Å²) in [5.74, 6) is 2.16. The molecule has 1 aliphatic heterocycles. The summed E-state index contributed by atoms with van der Waals surface area (Å²) in [7, 11) is 0. The van der Waals surface area contributed by atoms with Crippen molar-refractivity contribution in [2.45, 2.75) is 45.6 Å². The van der Waals surface area contributed by atoms with Gasteiger partial charge < -0.3 is 15.1 Å². The first kappa shape index (κ1) is 18.7. The number of hydrogen-bond donors (Lipinski definition) is 1. The molecule has 1 atom stereocenters. The number of rotatable bonds is 3. The monoisotopic (exact) mass is 379 g/mol. The van der Waals surface area contributed by atoms with Gasteiger partial charge in [0.15, 0.2) is 0 Å². The lowest BCUT2D eigenvalue weighted by molar-refractivity contribution is 0.190. The molecule has 28 heavy (non-hydrogen) atoms. The van der Waals surface area contributed by atoms with E-state index >= 15 is 0 Å². The third-order valence-corrected chi connectivity index (χ3v) is 5.70. The molecule has 2 aliphatic rings. The van der Waals surface area contributed by atoms with Gasteiger partial charge in [0.05, 0.1) is 6.04 Å². The van der Waals surface area contributed by atoms with Gasteiger partial charge in [0.2, 0.25) is 0 Å². The summed E-state index contributed by atoms with van der Waals surface area (Å²) in [5.41, 5.74) is 3.62. The maximum Gasteiger partial charge on any atom is 0.318 e. The van der Waals surface area contributed by atoms with E-state index in [0.29, 0.717) is 19.0 Å². The third kappa shape index (κ3) is 3.81. The van der Waals surface area contributed by atoms with Crippen molar-refractivity contribution in [1.82, 2.24) is 20.2 Å². The van der Waals surface area contributed by atoms with E-state index in [1.165, 1.54) is 11.1 Å². The molecule has 1 aromatic heterocycles. The lowest BCUT2D eigenvalue weighted by Gasteiger charge is -2.36. The molecular weight excluding hydrogens is 350 g/mol. The Morgan fingerprint density at radius 2 is 1.89 bits per heavy atom. The molecule has 1 aliphatic carbocycles. The number of hydrogen-bond acceptors (Lipinski definition) is 4. The quantitative estimate of drug-likeness (QED) is 0.888. The Labute approximate surface area is 167 Å². The van der Waals surface area contributed by atoms with Gasteiger partial charge in [0.25, 0.3) is 0 Å². The van der Waals surface area contributed by atoms with Crippen molar-refractivity contribution >= 4 is 11.8 Å². The average Bonchev–Trinajstić information content (AvgIpc) is 3.10. The third-order valence-electron chi connectivity index (χ3n) is 5.70. The summed E-state index contributed by atoms with van der Waals surface area (Å²) in [6, 6.07) is 10.6. The van der Waals surface area contributed by atoms with Crippen LogP contribution in [0.15, 0.2) is 30.3 Å². The molecule has 6 nitrogen and oxygen atoms in total. The molecule has 1 aromatic carbocycles. The number of aromatic nitrogens is 2. The average molecular weight is 380 g/mol. The van der Waals surface area contributed by atoms with Crippen LogP contribution in [0.2, 0.25) is 0 Å². The van der Waals surface area contributed by atoms with Gasteiger partial charge in [-0.25, -0.2) is 14.8 Å². The van der Waals surface area contributed by atoms with Crippen LogP contribution in [0.1, 0.15) is 54.9 Å². The molecule has 6 heteroatoms. The van der Waals surface area contributed by atoms with Crippen LogP contribution >= 0.6 is 0 Å². The number of anilines is 1. The van der Waals surface area contributed by atoms with E-state index < -0.39 is 0 Å². The zero-order chi connectivity index (χ0) is 19.7. The van der Waals surface area contributed by atoms with Crippen LogP contribution in [0.5, 0.6) is 0 Å². The number of nitrogens with zero attached hydrogens (tertiary/aromatic N) is 4. The molecule has 0 radical (unpaired) electrons. The molecule has 0 saturated carbocycles. The van der Waals surface area contributed by atoms with Crippen LogP contribution in [0.3, 0.4) is 0 Å². The van der Waals surface area contributed by atoms with Crippen molar-refractivity contribution in [3.8, 4) is 0 Å². The number of benzene rings is 1.